The zero-order valence-corrected chi connectivity index (χ0v) is 19.3. The number of unbranched alkanes of at least 4 members (excludes halogenated alkanes) is 2. The lowest BCUT2D eigenvalue weighted by atomic mass is 10.2. The molecule has 3 rings (SSSR count). The number of morpholine rings is 1. The SMILES string of the molecule is CCCCCOc1ccc(C(=O)Nc2cc(S(=O)(=O)N3CCOCC3)ccc2OC)cc1. The summed E-state index contributed by atoms with van der Waals surface area (Å²) in [5, 5.41) is 2.76. The highest BCUT2D eigenvalue weighted by atomic mass is 32.2. The highest BCUT2D eigenvalue weighted by Gasteiger charge is 2.27. The van der Waals surface area contributed by atoms with Crippen LogP contribution in [0.1, 0.15) is 36.5 Å². The number of carbonyl (C=O) groups excluding carboxylic acids is 1. The van der Waals surface area contributed by atoms with E-state index in [1.165, 1.54) is 29.6 Å². The molecule has 1 N–H and O–H groups in total. The van der Waals surface area contributed by atoms with Gasteiger partial charge in [0.2, 0.25) is 10.0 Å². The van der Waals surface area contributed by atoms with E-state index in [1.807, 2.05) is 0 Å². The van der Waals surface area contributed by atoms with Crippen LogP contribution in [-0.2, 0) is 14.8 Å². The normalized spacial score (nSPS) is 14.7. The minimum Gasteiger partial charge on any atom is -0.495 e. The molecule has 0 bridgehead atoms. The Morgan fingerprint density at radius 3 is 2.47 bits per heavy atom. The third kappa shape index (κ3) is 5.99. The summed E-state index contributed by atoms with van der Waals surface area (Å²) < 4.78 is 43.5. The van der Waals surface area contributed by atoms with Gasteiger partial charge in [-0.25, -0.2) is 8.42 Å². The van der Waals surface area contributed by atoms with Crippen molar-refractivity contribution in [1.82, 2.24) is 4.31 Å². The van der Waals surface area contributed by atoms with E-state index in [1.54, 1.807) is 24.3 Å². The Balaban J connectivity index is 1.73. The monoisotopic (exact) mass is 462 g/mol. The topological polar surface area (TPSA) is 94.2 Å². The molecule has 0 unspecified atom stereocenters. The Morgan fingerprint density at radius 2 is 1.81 bits per heavy atom. The molecule has 0 spiro atoms. The van der Waals surface area contributed by atoms with Crippen LogP contribution in [0.25, 0.3) is 0 Å². The van der Waals surface area contributed by atoms with Crippen molar-refractivity contribution in [3.05, 3.63) is 48.0 Å². The highest BCUT2D eigenvalue weighted by molar-refractivity contribution is 7.89. The molecule has 9 heteroatoms. The average molecular weight is 463 g/mol. The largest absolute Gasteiger partial charge is 0.495 e. The number of anilines is 1. The van der Waals surface area contributed by atoms with Gasteiger partial charge in [0, 0.05) is 18.7 Å². The zero-order valence-electron chi connectivity index (χ0n) is 18.5. The first-order valence-electron chi connectivity index (χ1n) is 10.8. The Bertz CT molecular complexity index is 1000. The predicted octanol–water partition coefficient (Wildman–Crippen LogP) is 3.54. The molecule has 174 valence electrons. The molecule has 8 nitrogen and oxygen atoms in total. The Hall–Kier alpha value is -2.62. The molecule has 1 aliphatic heterocycles. The number of benzene rings is 2. The molecular weight excluding hydrogens is 432 g/mol. The molecule has 1 saturated heterocycles. The van der Waals surface area contributed by atoms with E-state index >= 15 is 0 Å². The number of hydrogen-bond donors (Lipinski definition) is 1. The molecule has 0 aliphatic carbocycles. The number of ether oxygens (including phenoxy) is 3. The van der Waals surface area contributed by atoms with Crippen molar-refractivity contribution in [2.45, 2.75) is 31.1 Å². The lowest BCUT2D eigenvalue weighted by Gasteiger charge is -2.26. The number of amides is 1. The van der Waals surface area contributed by atoms with Gasteiger partial charge in [-0.2, -0.15) is 4.31 Å². The number of nitrogens with zero attached hydrogens (tertiary/aromatic N) is 1. The maximum Gasteiger partial charge on any atom is 0.255 e. The summed E-state index contributed by atoms with van der Waals surface area (Å²) in [5.41, 5.74) is 0.709. The second kappa shape index (κ2) is 11.3. The maximum atomic E-state index is 13.0. The van der Waals surface area contributed by atoms with Gasteiger partial charge in [-0.1, -0.05) is 19.8 Å². The summed E-state index contributed by atoms with van der Waals surface area (Å²) in [7, 11) is -2.23. The second-order valence-electron chi connectivity index (χ2n) is 7.41. The van der Waals surface area contributed by atoms with Crippen LogP contribution in [-0.4, -0.2) is 58.7 Å². The third-order valence-corrected chi connectivity index (χ3v) is 7.05. The molecule has 1 aliphatic rings. The average Bonchev–Trinajstić information content (AvgIpc) is 2.82. The molecule has 0 aromatic heterocycles. The van der Waals surface area contributed by atoms with Gasteiger partial charge < -0.3 is 19.5 Å². The van der Waals surface area contributed by atoms with Gasteiger partial charge in [0.25, 0.3) is 5.91 Å². The molecular formula is C23H30N2O6S. The molecule has 1 heterocycles. The predicted molar refractivity (Wildman–Crippen MR) is 122 cm³/mol. The van der Waals surface area contributed by atoms with Crippen molar-refractivity contribution in [3.63, 3.8) is 0 Å². The van der Waals surface area contributed by atoms with Crippen molar-refractivity contribution in [2.24, 2.45) is 0 Å². The van der Waals surface area contributed by atoms with Crippen molar-refractivity contribution < 1.29 is 27.4 Å². The molecule has 1 amide bonds. The van der Waals surface area contributed by atoms with Gasteiger partial charge in [0.1, 0.15) is 11.5 Å². The second-order valence-corrected chi connectivity index (χ2v) is 9.35. The van der Waals surface area contributed by atoms with Crippen molar-refractivity contribution in [2.75, 3.05) is 45.3 Å². The van der Waals surface area contributed by atoms with Crippen molar-refractivity contribution in [3.8, 4) is 11.5 Å². The fourth-order valence-electron chi connectivity index (χ4n) is 3.32. The van der Waals surface area contributed by atoms with Crippen LogP contribution in [0.15, 0.2) is 47.4 Å². The van der Waals surface area contributed by atoms with E-state index in [9.17, 15) is 13.2 Å². The number of rotatable bonds is 10. The lowest BCUT2D eigenvalue weighted by molar-refractivity contribution is 0.0730. The van der Waals surface area contributed by atoms with Crippen molar-refractivity contribution in [1.29, 1.82) is 0 Å². The van der Waals surface area contributed by atoms with Crippen LogP contribution >= 0.6 is 0 Å². The van der Waals surface area contributed by atoms with Crippen LogP contribution in [0.4, 0.5) is 5.69 Å². The van der Waals surface area contributed by atoms with Crippen LogP contribution in [0.5, 0.6) is 11.5 Å². The third-order valence-electron chi connectivity index (χ3n) is 5.16. The molecule has 32 heavy (non-hydrogen) atoms. The van der Waals surface area contributed by atoms with Crippen molar-refractivity contribution >= 4 is 21.6 Å². The smallest absolute Gasteiger partial charge is 0.255 e. The first kappa shape index (κ1) is 24.0. The fourth-order valence-corrected chi connectivity index (χ4v) is 4.76. The number of sulfonamides is 1. The van der Waals surface area contributed by atoms with E-state index in [2.05, 4.69) is 12.2 Å². The molecule has 0 atom stereocenters. The molecule has 2 aromatic carbocycles. The van der Waals surface area contributed by atoms with Gasteiger partial charge in [-0.05, 0) is 48.9 Å². The lowest BCUT2D eigenvalue weighted by Crippen LogP contribution is -2.40. The van der Waals surface area contributed by atoms with Crippen LogP contribution in [0.2, 0.25) is 0 Å². The first-order chi connectivity index (χ1) is 15.5. The van der Waals surface area contributed by atoms with Gasteiger partial charge in [0.05, 0.1) is 37.5 Å². The van der Waals surface area contributed by atoms with Gasteiger partial charge in [0.15, 0.2) is 0 Å². The van der Waals surface area contributed by atoms with E-state index in [0.29, 0.717) is 50.0 Å². The van der Waals surface area contributed by atoms with E-state index in [0.717, 1.165) is 19.3 Å². The molecule has 1 fully saturated rings. The summed E-state index contributed by atoms with van der Waals surface area (Å²) >= 11 is 0. The maximum absolute atomic E-state index is 13.0. The zero-order chi connectivity index (χ0) is 23.0. The van der Waals surface area contributed by atoms with Gasteiger partial charge in [-0.15, -0.1) is 0 Å². The number of hydrogen-bond acceptors (Lipinski definition) is 6. The quantitative estimate of drug-likeness (QED) is 0.543. The van der Waals surface area contributed by atoms with E-state index in [4.69, 9.17) is 14.2 Å². The summed E-state index contributed by atoms with van der Waals surface area (Å²) in [4.78, 5) is 12.9. The molecule has 0 saturated carbocycles. The van der Waals surface area contributed by atoms with Gasteiger partial charge in [-0.3, -0.25) is 4.79 Å². The fraction of sp³-hybridized carbons (Fsp3) is 0.435. The number of nitrogens with one attached hydrogen (secondary N) is 1. The van der Waals surface area contributed by atoms with Gasteiger partial charge >= 0.3 is 0 Å². The Labute approximate surface area is 189 Å². The van der Waals surface area contributed by atoms with E-state index in [-0.39, 0.29) is 16.5 Å². The summed E-state index contributed by atoms with van der Waals surface area (Å²) in [6, 6.07) is 11.3. The van der Waals surface area contributed by atoms with Crippen LogP contribution in [0, 0.1) is 0 Å². The highest BCUT2D eigenvalue weighted by Crippen LogP contribution is 2.30. The number of carbonyl (C=O) groups is 1. The minimum atomic E-state index is -3.70. The molecule has 0 radical (unpaired) electrons. The number of methoxy groups -OCH3 is 1. The first-order valence-corrected chi connectivity index (χ1v) is 12.2. The van der Waals surface area contributed by atoms with Crippen LogP contribution < -0.4 is 14.8 Å². The summed E-state index contributed by atoms with van der Waals surface area (Å²) in [6.07, 6.45) is 3.23. The minimum absolute atomic E-state index is 0.0892. The molecule has 2 aromatic rings. The van der Waals surface area contributed by atoms with E-state index < -0.39 is 10.0 Å². The Morgan fingerprint density at radius 1 is 1.09 bits per heavy atom. The summed E-state index contributed by atoms with van der Waals surface area (Å²) in [5.74, 6) is 0.700. The van der Waals surface area contributed by atoms with Crippen LogP contribution in [0.3, 0.4) is 0 Å². The standard InChI is InChI=1S/C23H30N2O6S/c1-3-4-5-14-31-19-8-6-18(7-9-19)23(26)24-21-17-20(10-11-22(21)29-2)32(27,28)25-12-15-30-16-13-25/h6-11,17H,3-5,12-16H2,1-2H3,(H,24,26). The summed E-state index contributed by atoms with van der Waals surface area (Å²) in [6.45, 7) is 4.08. The Kier molecular flexibility index (Phi) is 8.49.